The number of nitrogens with zero attached hydrogens (tertiary/aromatic N) is 1. The van der Waals surface area contributed by atoms with Gasteiger partial charge < -0.3 is 10.6 Å². The topological polar surface area (TPSA) is 54.0 Å². The van der Waals surface area contributed by atoms with Crippen LogP contribution in [-0.2, 0) is 0 Å². The van der Waals surface area contributed by atoms with E-state index in [1.165, 1.54) is 0 Å². The molecule has 2 aromatic rings. The third kappa shape index (κ3) is 4.74. The molecule has 1 heterocycles. The molecule has 0 unspecified atom stereocenters. The maximum atomic E-state index is 12.1. The molecular formula is C17H20ClN3O. The molecule has 4 nitrogen and oxygen atoms in total. The number of halogens is 1. The quantitative estimate of drug-likeness (QED) is 0.744. The van der Waals surface area contributed by atoms with Gasteiger partial charge in [-0.2, -0.15) is 0 Å². The van der Waals surface area contributed by atoms with Crippen molar-refractivity contribution in [2.75, 3.05) is 11.9 Å². The van der Waals surface area contributed by atoms with Gasteiger partial charge in [0.05, 0.1) is 28.2 Å². The fourth-order valence-corrected chi connectivity index (χ4v) is 2.21. The van der Waals surface area contributed by atoms with Crippen molar-refractivity contribution in [3.63, 3.8) is 0 Å². The standard InChI is InChI=1S/C17H20ClN3O/c1-2-3-6-9-20-17(22)13-10-14(12-19-11-13)21-16-8-5-4-7-15(16)18/h4-5,7-8,10-12,21H,2-3,6,9H2,1H3,(H,20,22). The van der Waals surface area contributed by atoms with Crippen molar-refractivity contribution in [3.05, 3.63) is 53.3 Å². The number of hydrogen-bond acceptors (Lipinski definition) is 3. The van der Waals surface area contributed by atoms with Gasteiger partial charge in [-0.05, 0) is 24.6 Å². The highest BCUT2D eigenvalue weighted by Gasteiger charge is 2.07. The van der Waals surface area contributed by atoms with Crippen LogP contribution >= 0.6 is 11.6 Å². The van der Waals surface area contributed by atoms with Gasteiger partial charge in [-0.15, -0.1) is 0 Å². The summed E-state index contributed by atoms with van der Waals surface area (Å²) >= 11 is 6.11. The third-order valence-corrected chi connectivity index (χ3v) is 3.55. The van der Waals surface area contributed by atoms with Crippen molar-refractivity contribution >= 4 is 28.9 Å². The summed E-state index contributed by atoms with van der Waals surface area (Å²) in [7, 11) is 0. The lowest BCUT2D eigenvalue weighted by atomic mass is 10.2. The molecule has 2 N–H and O–H groups in total. The van der Waals surface area contributed by atoms with Gasteiger partial charge in [0.25, 0.3) is 5.91 Å². The summed E-state index contributed by atoms with van der Waals surface area (Å²) in [5.74, 6) is -0.105. The first-order chi connectivity index (χ1) is 10.7. The third-order valence-electron chi connectivity index (χ3n) is 3.22. The van der Waals surface area contributed by atoms with E-state index in [2.05, 4.69) is 22.5 Å². The monoisotopic (exact) mass is 317 g/mol. The molecule has 0 radical (unpaired) electrons. The van der Waals surface area contributed by atoms with Crippen molar-refractivity contribution in [2.45, 2.75) is 26.2 Å². The molecule has 0 bridgehead atoms. The number of unbranched alkanes of at least 4 members (excludes halogenated alkanes) is 2. The average Bonchev–Trinajstić information content (AvgIpc) is 2.54. The van der Waals surface area contributed by atoms with Crippen molar-refractivity contribution in [1.82, 2.24) is 10.3 Å². The Balaban J connectivity index is 2.00. The Bertz CT molecular complexity index is 631. The number of hydrogen-bond donors (Lipinski definition) is 2. The first-order valence-electron chi connectivity index (χ1n) is 7.45. The molecule has 0 fully saturated rings. The lowest BCUT2D eigenvalue weighted by Crippen LogP contribution is -2.24. The number of benzene rings is 1. The predicted molar refractivity (Wildman–Crippen MR) is 90.8 cm³/mol. The van der Waals surface area contributed by atoms with Crippen LogP contribution in [0.1, 0.15) is 36.5 Å². The van der Waals surface area contributed by atoms with Gasteiger partial charge in [-0.1, -0.05) is 43.5 Å². The first-order valence-corrected chi connectivity index (χ1v) is 7.83. The number of carbonyl (C=O) groups excluding carboxylic acids is 1. The van der Waals surface area contributed by atoms with Crippen LogP contribution in [0.25, 0.3) is 0 Å². The molecule has 1 aromatic heterocycles. The largest absolute Gasteiger partial charge is 0.353 e. The maximum absolute atomic E-state index is 12.1. The van der Waals surface area contributed by atoms with Crippen molar-refractivity contribution in [3.8, 4) is 0 Å². The number of pyridine rings is 1. The highest BCUT2D eigenvalue weighted by Crippen LogP contribution is 2.24. The van der Waals surface area contributed by atoms with Crippen LogP contribution in [-0.4, -0.2) is 17.4 Å². The van der Waals surface area contributed by atoms with Gasteiger partial charge in [-0.25, -0.2) is 0 Å². The Morgan fingerprint density at radius 3 is 2.82 bits per heavy atom. The minimum atomic E-state index is -0.105. The Hall–Kier alpha value is -2.07. The fourth-order valence-electron chi connectivity index (χ4n) is 2.03. The van der Waals surface area contributed by atoms with Gasteiger partial charge in [0.2, 0.25) is 0 Å². The van der Waals surface area contributed by atoms with E-state index < -0.39 is 0 Å². The molecule has 0 spiro atoms. The minimum absolute atomic E-state index is 0.105. The SMILES string of the molecule is CCCCCNC(=O)c1cncc(Nc2ccccc2Cl)c1. The predicted octanol–water partition coefficient (Wildman–Crippen LogP) is 4.40. The lowest BCUT2D eigenvalue weighted by molar-refractivity contribution is 0.0952. The Morgan fingerprint density at radius 2 is 2.05 bits per heavy atom. The summed E-state index contributed by atoms with van der Waals surface area (Å²) in [6.07, 6.45) is 6.47. The molecule has 0 saturated carbocycles. The van der Waals surface area contributed by atoms with Gasteiger partial charge in [0.15, 0.2) is 0 Å². The average molecular weight is 318 g/mol. The van der Waals surface area contributed by atoms with E-state index in [4.69, 9.17) is 11.6 Å². The molecule has 0 aliphatic carbocycles. The van der Waals surface area contributed by atoms with Crippen LogP contribution in [0, 0.1) is 0 Å². The van der Waals surface area contributed by atoms with Crippen LogP contribution in [0.4, 0.5) is 11.4 Å². The second kappa shape index (κ2) is 8.39. The summed E-state index contributed by atoms with van der Waals surface area (Å²) < 4.78 is 0. The van der Waals surface area contributed by atoms with E-state index in [1.54, 1.807) is 18.5 Å². The summed E-state index contributed by atoms with van der Waals surface area (Å²) in [6.45, 7) is 2.82. The molecule has 0 aliphatic heterocycles. The van der Waals surface area contributed by atoms with Crippen LogP contribution in [0.5, 0.6) is 0 Å². The van der Waals surface area contributed by atoms with Crippen LogP contribution in [0.15, 0.2) is 42.7 Å². The lowest BCUT2D eigenvalue weighted by Gasteiger charge is -2.09. The zero-order valence-corrected chi connectivity index (χ0v) is 13.4. The molecule has 0 atom stereocenters. The fraction of sp³-hybridized carbons (Fsp3) is 0.294. The first kappa shape index (κ1) is 16.3. The number of para-hydroxylation sites is 1. The number of amides is 1. The van der Waals surface area contributed by atoms with Crippen molar-refractivity contribution in [2.24, 2.45) is 0 Å². The second-order valence-electron chi connectivity index (χ2n) is 5.03. The van der Waals surface area contributed by atoms with E-state index in [9.17, 15) is 4.79 Å². The molecule has 1 aromatic carbocycles. The highest BCUT2D eigenvalue weighted by atomic mass is 35.5. The zero-order chi connectivity index (χ0) is 15.8. The number of rotatable bonds is 7. The highest BCUT2D eigenvalue weighted by molar-refractivity contribution is 6.33. The number of carbonyl (C=O) groups is 1. The van der Waals surface area contributed by atoms with Crippen molar-refractivity contribution in [1.29, 1.82) is 0 Å². The molecular weight excluding hydrogens is 298 g/mol. The number of nitrogens with one attached hydrogen (secondary N) is 2. The molecule has 116 valence electrons. The molecule has 5 heteroatoms. The van der Waals surface area contributed by atoms with Gasteiger partial charge in [-0.3, -0.25) is 9.78 Å². The van der Waals surface area contributed by atoms with Gasteiger partial charge >= 0.3 is 0 Å². The van der Waals surface area contributed by atoms with Crippen molar-refractivity contribution < 1.29 is 4.79 Å². The number of anilines is 2. The Morgan fingerprint density at radius 1 is 1.23 bits per heavy atom. The van der Waals surface area contributed by atoms with Crippen LogP contribution in [0.2, 0.25) is 5.02 Å². The normalized spacial score (nSPS) is 10.3. The Labute approximate surface area is 135 Å². The molecule has 22 heavy (non-hydrogen) atoms. The smallest absolute Gasteiger partial charge is 0.252 e. The maximum Gasteiger partial charge on any atom is 0.252 e. The molecule has 2 rings (SSSR count). The van der Waals surface area contributed by atoms with Crippen LogP contribution < -0.4 is 10.6 Å². The summed E-state index contributed by atoms with van der Waals surface area (Å²) in [5, 5.41) is 6.70. The van der Waals surface area contributed by atoms with Gasteiger partial charge in [0, 0.05) is 12.7 Å². The van der Waals surface area contributed by atoms with E-state index in [0.29, 0.717) is 17.1 Å². The van der Waals surface area contributed by atoms with E-state index in [1.807, 2.05) is 24.3 Å². The zero-order valence-electron chi connectivity index (χ0n) is 12.6. The Kier molecular flexibility index (Phi) is 6.22. The van der Waals surface area contributed by atoms with Gasteiger partial charge in [0.1, 0.15) is 0 Å². The molecule has 1 amide bonds. The molecule has 0 saturated heterocycles. The summed E-state index contributed by atoms with van der Waals surface area (Å²) in [6, 6.07) is 9.21. The summed E-state index contributed by atoms with van der Waals surface area (Å²) in [5.41, 5.74) is 2.05. The van der Waals surface area contributed by atoms with E-state index in [-0.39, 0.29) is 5.91 Å². The van der Waals surface area contributed by atoms with Crippen LogP contribution in [0.3, 0.4) is 0 Å². The summed E-state index contributed by atoms with van der Waals surface area (Å²) in [4.78, 5) is 16.2. The van der Waals surface area contributed by atoms with E-state index in [0.717, 1.165) is 30.6 Å². The number of aromatic nitrogens is 1. The van der Waals surface area contributed by atoms with E-state index >= 15 is 0 Å². The molecule has 0 aliphatic rings. The minimum Gasteiger partial charge on any atom is -0.353 e. The second-order valence-corrected chi connectivity index (χ2v) is 5.44.